The highest BCUT2D eigenvalue weighted by atomic mass is 35.5. The molecule has 0 aliphatic carbocycles. The van der Waals surface area contributed by atoms with Crippen LogP contribution >= 0.6 is 12.4 Å². The molecular formula is C24H42ClNO2. The molecule has 1 aromatic carbocycles. The standard InChI is InChI=1S/C24H41NO2.ClH/c1-2-3-4-5-6-7-8-9-10-11-12-13-14-15-20-25-23-18-16-22(17-19-23)21-24(26)27;/h16-19,25H,2-15,20-21H2,1H3,(H,26,27);1H. The highest BCUT2D eigenvalue weighted by molar-refractivity contribution is 5.85. The van der Waals surface area contributed by atoms with E-state index in [2.05, 4.69) is 12.2 Å². The molecule has 0 amide bonds. The molecule has 0 saturated heterocycles. The summed E-state index contributed by atoms with van der Waals surface area (Å²) < 4.78 is 0. The largest absolute Gasteiger partial charge is 0.481 e. The van der Waals surface area contributed by atoms with Crippen molar-refractivity contribution in [3.8, 4) is 0 Å². The Morgan fingerprint density at radius 3 is 1.61 bits per heavy atom. The number of halogens is 1. The molecule has 2 N–H and O–H groups in total. The minimum atomic E-state index is -0.780. The summed E-state index contributed by atoms with van der Waals surface area (Å²) in [6.07, 6.45) is 19.5. The lowest BCUT2D eigenvalue weighted by Gasteiger charge is -2.07. The van der Waals surface area contributed by atoms with E-state index in [0.717, 1.165) is 17.8 Å². The number of carboxylic acids is 1. The third kappa shape index (κ3) is 15.8. The number of nitrogens with one attached hydrogen (secondary N) is 1. The fourth-order valence-corrected chi connectivity index (χ4v) is 3.47. The summed E-state index contributed by atoms with van der Waals surface area (Å²) in [7, 11) is 0. The first kappa shape index (κ1) is 26.8. The zero-order chi connectivity index (χ0) is 19.6. The van der Waals surface area contributed by atoms with Gasteiger partial charge in [-0.05, 0) is 24.1 Å². The first-order valence-corrected chi connectivity index (χ1v) is 11.3. The topological polar surface area (TPSA) is 49.3 Å². The lowest BCUT2D eigenvalue weighted by atomic mass is 10.0. The maximum Gasteiger partial charge on any atom is 0.307 e. The van der Waals surface area contributed by atoms with E-state index in [1.54, 1.807) is 0 Å². The molecule has 3 nitrogen and oxygen atoms in total. The van der Waals surface area contributed by atoms with Crippen molar-refractivity contribution < 1.29 is 9.90 Å². The van der Waals surface area contributed by atoms with Crippen LogP contribution in [0.5, 0.6) is 0 Å². The molecule has 0 spiro atoms. The van der Waals surface area contributed by atoms with Gasteiger partial charge in [0.2, 0.25) is 0 Å². The molecule has 0 heterocycles. The van der Waals surface area contributed by atoms with E-state index in [4.69, 9.17) is 5.11 Å². The first-order valence-electron chi connectivity index (χ1n) is 11.3. The number of carboxylic acid groups (broad SMARTS) is 1. The second kappa shape index (κ2) is 19.1. The van der Waals surface area contributed by atoms with E-state index in [-0.39, 0.29) is 18.8 Å². The monoisotopic (exact) mass is 411 g/mol. The van der Waals surface area contributed by atoms with Gasteiger partial charge in [0.1, 0.15) is 0 Å². The Bertz CT molecular complexity index is 476. The van der Waals surface area contributed by atoms with Crippen molar-refractivity contribution in [2.45, 2.75) is 103 Å². The number of hydrogen-bond donors (Lipinski definition) is 2. The zero-order valence-corrected chi connectivity index (χ0v) is 18.7. The number of benzene rings is 1. The fraction of sp³-hybridized carbons (Fsp3) is 0.708. The highest BCUT2D eigenvalue weighted by Crippen LogP contribution is 2.14. The molecule has 1 aromatic rings. The van der Waals surface area contributed by atoms with Crippen LogP contribution in [0.3, 0.4) is 0 Å². The zero-order valence-electron chi connectivity index (χ0n) is 17.9. The number of hydrogen-bond acceptors (Lipinski definition) is 2. The summed E-state index contributed by atoms with van der Waals surface area (Å²) >= 11 is 0. The molecule has 0 atom stereocenters. The van der Waals surface area contributed by atoms with Gasteiger partial charge in [-0.1, -0.05) is 103 Å². The van der Waals surface area contributed by atoms with Crippen LogP contribution in [0, 0.1) is 0 Å². The second-order valence-corrected chi connectivity index (χ2v) is 7.79. The molecule has 162 valence electrons. The Balaban J connectivity index is 0.00000729. The molecule has 0 aromatic heterocycles. The van der Waals surface area contributed by atoms with Crippen LogP contribution in [-0.2, 0) is 11.2 Å². The molecule has 0 fully saturated rings. The maximum absolute atomic E-state index is 10.7. The number of aliphatic carboxylic acids is 1. The number of anilines is 1. The number of unbranched alkanes of at least 4 members (excludes halogenated alkanes) is 13. The van der Waals surface area contributed by atoms with Gasteiger partial charge in [0.05, 0.1) is 6.42 Å². The van der Waals surface area contributed by atoms with Gasteiger partial charge in [0.25, 0.3) is 0 Å². The summed E-state index contributed by atoms with van der Waals surface area (Å²) in [5.41, 5.74) is 1.93. The normalized spacial score (nSPS) is 10.5. The van der Waals surface area contributed by atoms with E-state index >= 15 is 0 Å². The van der Waals surface area contributed by atoms with E-state index in [9.17, 15) is 4.79 Å². The van der Waals surface area contributed by atoms with Crippen LogP contribution in [0.4, 0.5) is 5.69 Å². The molecule has 0 radical (unpaired) electrons. The van der Waals surface area contributed by atoms with E-state index < -0.39 is 5.97 Å². The van der Waals surface area contributed by atoms with Crippen LogP contribution < -0.4 is 5.32 Å². The summed E-state index contributed by atoms with van der Waals surface area (Å²) in [6, 6.07) is 7.73. The Kier molecular flexibility index (Phi) is 18.3. The summed E-state index contributed by atoms with van der Waals surface area (Å²) in [5, 5.41) is 12.2. The minimum absolute atomic E-state index is 0. The second-order valence-electron chi connectivity index (χ2n) is 7.79. The Hall–Kier alpha value is -1.22. The van der Waals surface area contributed by atoms with Crippen molar-refractivity contribution in [1.29, 1.82) is 0 Å². The van der Waals surface area contributed by atoms with Crippen LogP contribution in [-0.4, -0.2) is 17.6 Å². The van der Waals surface area contributed by atoms with Crippen molar-refractivity contribution in [3.63, 3.8) is 0 Å². The average molecular weight is 412 g/mol. The highest BCUT2D eigenvalue weighted by Gasteiger charge is 2.00. The van der Waals surface area contributed by atoms with Crippen LogP contribution in [0.15, 0.2) is 24.3 Å². The van der Waals surface area contributed by atoms with E-state index in [1.807, 2.05) is 24.3 Å². The predicted octanol–water partition coefficient (Wildman–Crippen LogP) is 7.63. The van der Waals surface area contributed by atoms with Crippen LogP contribution in [0.1, 0.15) is 102 Å². The van der Waals surface area contributed by atoms with Crippen molar-refractivity contribution in [1.82, 2.24) is 0 Å². The molecule has 28 heavy (non-hydrogen) atoms. The maximum atomic E-state index is 10.7. The van der Waals surface area contributed by atoms with Crippen molar-refractivity contribution in [2.75, 3.05) is 11.9 Å². The first-order chi connectivity index (χ1) is 13.2. The predicted molar refractivity (Wildman–Crippen MR) is 124 cm³/mol. The molecule has 0 bridgehead atoms. The van der Waals surface area contributed by atoms with Gasteiger partial charge in [-0.2, -0.15) is 0 Å². The number of rotatable bonds is 18. The van der Waals surface area contributed by atoms with E-state index in [0.29, 0.717) is 0 Å². The SMILES string of the molecule is CCCCCCCCCCCCCCCCNc1ccc(CC(=O)O)cc1.Cl. The van der Waals surface area contributed by atoms with Gasteiger partial charge in [0, 0.05) is 12.2 Å². The Morgan fingerprint density at radius 1 is 0.750 bits per heavy atom. The van der Waals surface area contributed by atoms with Gasteiger partial charge < -0.3 is 10.4 Å². The summed E-state index contributed by atoms with van der Waals surface area (Å²) in [4.78, 5) is 10.7. The average Bonchev–Trinajstić information content (AvgIpc) is 2.66. The molecular weight excluding hydrogens is 370 g/mol. The van der Waals surface area contributed by atoms with Crippen molar-refractivity contribution in [2.24, 2.45) is 0 Å². The summed E-state index contributed by atoms with van der Waals surface area (Å²) in [5.74, 6) is -0.780. The van der Waals surface area contributed by atoms with Gasteiger partial charge in [-0.3, -0.25) is 4.79 Å². The third-order valence-corrected chi connectivity index (χ3v) is 5.17. The smallest absolute Gasteiger partial charge is 0.307 e. The van der Waals surface area contributed by atoms with Gasteiger partial charge in [-0.15, -0.1) is 12.4 Å². The molecule has 0 saturated carbocycles. The summed E-state index contributed by atoms with van der Waals surface area (Å²) in [6.45, 7) is 3.27. The van der Waals surface area contributed by atoms with Crippen molar-refractivity contribution >= 4 is 24.1 Å². The molecule has 0 unspecified atom stereocenters. The molecule has 0 aliphatic rings. The fourth-order valence-electron chi connectivity index (χ4n) is 3.47. The van der Waals surface area contributed by atoms with Gasteiger partial charge in [-0.25, -0.2) is 0 Å². The number of carbonyl (C=O) groups is 1. The Labute approximate surface area is 179 Å². The Morgan fingerprint density at radius 2 is 1.18 bits per heavy atom. The molecule has 4 heteroatoms. The van der Waals surface area contributed by atoms with Gasteiger partial charge in [0.15, 0.2) is 0 Å². The lowest BCUT2D eigenvalue weighted by molar-refractivity contribution is -0.136. The molecule has 1 rings (SSSR count). The lowest BCUT2D eigenvalue weighted by Crippen LogP contribution is -2.03. The van der Waals surface area contributed by atoms with E-state index in [1.165, 1.54) is 89.9 Å². The van der Waals surface area contributed by atoms with Crippen LogP contribution in [0.2, 0.25) is 0 Å². The quantitative estimate of drug-likeness (QED) is 0.244. The van der Waals surface area contributed by atoms with Gasteiger partial charge >= 0.3 is 5.97 Å². The molecule has 0 aliphatic heterocycles. The third-order valence-electron chi connectivity index (χ3n) is 5.17. The minimum Gasteiger partial charge on any atom is -0.481 e. The van der Waals surface area contributed by atoms with Crippen LogP contribution in [0.25, 0.3) is 0 Å². The van der Waals surface area contributed by atoms with Crippen molar-refractivity contribution in [3.05, 3.63) is 29.8 Å².